The molecule has 10 heteroatoms. The molecule has 0 aliphatic carbocycles. The average Bonchev–Trinajstić information content (AvgIpc) is 3.00. The highest BCUT2D eigenvalue weighted by Gasteiger charge is 2.31. The van der Waals surface area contributed by atoms with Gasteiger partial charge < -0.3 is 10.1 Å². The largest absolute Gasteiger partial charge is 0.464 e. The monoisotopic (exact) mass is 395 g/mol. The number of pyridine rings is 1. The Hall–Kier alpha value is -2.49. The lowest BCUT2D eigenvalue weighted by Gasteiger charge is -2.11. The van der Waals surface area contributed by atoms with Gasteiger partial charge in [0.1, 0.15) is 11.2 Å². The van der Waals surface area contributed by atoms with Gasteiger partial charge in [-0.25, -0.2) is 13.4 Å². The first kappa shape index (κ1) is 18.3. The van der Waals surface area contributed by atoms with Crippen LogP contribution < -0.4 is 10.0 Å². The van der Waals surface area contributed by atoms with E-state index in [1.54, 1.807) is 0 Å². The molecular weight excluding hydrogens is 382 g/mol. The summed E-state index contributed by atoms with van der Waals surface area (Å²) in [5, 5.41) is 2.90. The first-order valence-electron chi connectivity index (χ1n) is 7.57. The predicted octanol–water partition coefficient (Wildman–Crippen LogP) is 1.58. The van der Waals surface area contributed by atoms with Crippen LogP contribution in [0.4, 0.5) is 5.69 Å². The molecule has 0 unspecified atom stereocenters. The maximum Gasteiger partial charge on any atom is 0.324 e. The number of halogens is 1. The number of cyclic esters (lactones) is 1. The van der Waals surface area contributed by atoms with E-state index in [0.29, 0.717) is 17.7 Å². The molecule has 1 saturated heterocycles. The molecule has 1 aromatic heterocycles. The Kier molecular flexibility index (Phi) is 5.21. The van der Waals surface area contributed by atoms with Gasteiger partial charge in [-0.2, -0.15) is 4.72 Å². The molecule has 0 saturated carbocycles. The quantitative estimate of drug-likeness (QED) is 0.586. The van der Waals surface area contributed by atoms with Gasteiger partial charge in [-0.05, 0) is 36.4 Å². The minimum Gasteiger partial charge on any atom is -0.464 e. The third-order valence-corrected chi connectivity index (χ3v) is 5.36. The van der Waals surface area contributed by atoms with Gasteiger partial charge in [0.2, 0.25) is 10.0 Å². The SMILES string of the molecule is O=C(Nc1ccc(S(=O)(=O)N[C@H]2CCOC2=O)cc1)c1ccc(Cl)nc1. The van der Waals surface area contributed by atoms with E-state index < -0.39 is 27.9 Å². The molecule has 2 aromatic rings. The second kappa shape index (κ2) is 7.40. The fourth-order valence-electron chi connectivity index (χ4n) is 2.29. The zero-order chi connectivity index (χ0) is 18.7. The third-order valence-electron chi connectivity index (χ3n) is 3.64. The molecule has 26 heavy (non-hydrogen) atoms. The van der Waals surface area contributed by atoms with Crippen LogP contribution in [0.25, 0.3) is 0 Å². The van der Waals surface area contributed by atoms with Crippen molar-refractivity contribution in [2.24, 2.45) is 0 Å². The highest BCUT2D eigenvalue weighted by molar-refractivity contribution is 7.89. The molecule has 2 N–H and O–H groups in total. The molecule has 1 aliphatic rings. The Morgan fingerprint density at radius 3 is 2.50 bits per heavy atom. The van der Waals surface area contributed by atoms with Gasteiger partial charge >= 0.3 is 5.97 Å². The Morgan fingerprint density at radius 2 is 1.92 bits per heavy atom. The van der Waals surface area contributed by atoms with Crippen LogP contribution >= 0.6 is 11.6 Å². The van der Waals surface area contributed by atoms with Crippen LogP contribution in [0.15, 0.2) is 47.5 Å². The second-order valence-electron chi connectivity index (χ2n) is 5.48. The van der Waals surface area contributed by atoms with E-state index in [9.17, 15) is 18.0 Å². The summed E-state index contributed by atoms with van der Waals surface area (Å²) in [6.45, 7) is 0.191. The lowest BCUT2D eigenvalue weighted by atomic mass is 10.2. The lowest BCUT2D eigenvalue weighted by Crippen LogP contribution is -2.37. The van der Waals surface area contributed by atoms with Crippen molar-refractivity contribution >= 4 is 39.2 Å². The van der Waals surface area contributed by atoms with Crippen LogP contribution in [-0.4, -0.2) is 37.9 Å². The van der Waals surface area contributed by atoms with Gasteiger partial charge in [0.25, 0.3) is 5.91 Å². The zero-order valence-corrected chi connectivity index (χ0v) is 14.9. The van der Waals surface area contributed by atoms with Crippen molar-refractivity contribution in [1.82, 2.24) is 9.71 Å². The fourth-order valence-corrected chi connectivity index (χ4v) is 3.62. The highest BCUT2D eigenvalue weighted by Crippen LogP contribution is 2.17. The molecule has 1 atom stereocenters. The number of carbonyl (C=O) groups excluding carboxylic acids is 2. The number of sulfonamides is 1. The number of nitrogens with one attached hydrogen (secondary N) is 2. The first-order chi connectivity index (χ1) is 12.3. The van der Waals surface area contributed by atoms with Crippen molar-refractivity contribution in [3.8, 4) is 0 Å². The third kappa shape index (κ3) is 4.18. The number of amides is 1. The number of hydrogen-bond donors (Lipinski definition) is 2. The number of nitrogens with zero attached hydrogens (tertiary/aromatic N) is 1. The summed E-state index contributed by atoms with van der Waals surface area (Å²) in [6, 6.07) is 7.69. The van der Waals surface area contributed by atoms with Gasteiger partial charge in [0.05, 0.1) is 17.1 Å². The molecule has 0 radical (unpaired) electrons. The molecular formula is C16H14ClN3O5S. The second-order valence-corrected chi connectivity index (χ2v) is 7.58. The highest BCUT2D eigenvalue weighted by atomic mass is 35.5. The predicted molar refractivity (Wildman–Crippen MR) is 93.3 cm³/mol. The summed E-state index contributed by atoms with van der Waals surface area (Å²) in [7, 11) is -3.87. The van der Waals surface area contributed by atoms with Gasteiger partial charge in [0, 0.05) is 18.3 Å². The van der Waals surface area contributed by atoms with Crippen LogP contribution in [0, 0.1) is 0 Å². The molecule has 2 heterocycles. The first-order valence-corrected chi connectivity index (χ1v) is 9.43. The lowest BCUT2D eigenvalue weighted by molar-refractivity contribution is -0.139. The van der Waals surface area contributed by atoms with E-state index in [1.807, 2.05) is 0 Å². The van der Waals surface area contributed by atoms with Crippen LogP contribution in [0.2, 0.25) is 5.15 Å². The molecule has 1 amide bonds. The smallest absolute Gasteiger partial charge is 0.324 e. The van der Waals surface area contributed by atoms with Gasteiger partial charge in [0.15, 0.2) is 0 Å². The maximum atomic E-state index is 12.3. The topological polar surface area (TPSA) is 114 Å². The number of anilines is 1. The van der Waals surface area contributed by atoms with Crippen LogP contribution in [0.1, 0.15) is 16.8 Å². The Labute approximate surface area is 154 Å². The van der Waals surface area contributed by atoms with Crippen molar-refractivity contribution in [3.63, 3.8) is 0 Å². The van der Waals surface area contributed by atoms with Crippen molar-refractivity contribution in [2.75, 3.05) is 11.9 Å². The molecule has 3 rings (SSSR count). The number of ether oxygens (including phenoxy) is 1. The standard InChI is InChI=1S/C16H14ClN3O5S/c17-14-6-1-10(9-18-14)15(21)19-11-2-4-12(5-3-11)26(23,24)20-13-7-8-25-16(13)22/h1-6,9,13,20H,7-8H2,(H,19,21)/t13-/m0/s1. The van der Waals surface area contributed by atoms with Gasteiger partial charge in [-0.15, -0.1) is 0 Å². The summed E-state index contributed by atoms with van der Waals surface area (Å²) in [4.78, 5) is 27.3. The molecule has 136 valence electrons. The van der Waals surface area contributed by atoms with Gasteiger partial charge in [-0.1, -0.05) is 11.6 Å². The van der Waals surface area contributed by atoms with Crippen molar-refractivity contribution in [3.05, 3.63) is 53.3 Å². The summed E-state index contributed by atoms with van der Waals surface area (Å²) < 4.78 is 31.6. The fraction of sp³-hybridized carbons (Fsp3) is 0.188. The number of benzene rings is 1. The van der Waals surface area contributed by atoms with Crippen LogP contribution in [-0.2, 0) is 19.6 Å². The average molecular weight is 396 g/mol. The molecule has 0 bridgehead atoms. The van der Waals surface area contributed by atoms with Gasteiger partial charge in [-0.3, -0.25) is 9.59 Å². The number of rotatable bonds is 5. The summed E-state index contributed by atoms with van der Waals surface area (Å²) in [5.41, 5.74) is 0.719. The van der Waals surface area contributed by atoms with Crippen LogP contribution in [0.5, 0.6) is 0 Å². The number of carbonyl (C=O) groups is 2. The minimum absolute atomic E-state index is 0.0247. The van der Waals surface area contributed by atoms with Crippen molar-refractivity contribution in [1.29, 1.82) is 0 Å². The Balaban J connectivity index is 1.68. The molecule has 0 spiro atoms. The van der Waals surface area contributed by atoms with Crippen molar-refractivity contribution in [2.45, 2.75) is 17.4 Å². The molecule has 1 aromatic carbocycles. The summed E-state index contributed by atoms with van der Waals surface area (Å²) in [5.74, 6) is -0.995. The molecule has 1 aliphatic heterocycles. The normalized spacial score (nSPS) is 17.0. The zero-order valence-electron chi connectivity index (χ0n) is 13.3. The number of hydrogen-bond acceptors (Lipinski definition) is 6. The van der Waals surface area contributed by atoms with E-state index in [0.717, 1.165) is 0 Å². The van der Waals surface area contributed by atoms with E-state index in [4.69, 9.17) is 16.3 Å². The number of aromatic nitrogens is 1. The van der Waals surface area contributed by atoms with Crippen molar-refractivity contribution < 1.29 is 22.7 Å². The Morgan fingerprint density at radius 1 is 1.19 bits per heavy atom. The van der Waals surface area contributed by atoms with E-state index in [-0.39, 0.29) is 16.7 Å². The van der Waals surface area contributed by atoms with E-state index in [1.165, 1.54) is 42.6 Å². The minimum atomic E-state index is -3.87. The van der Waals surface area contributed by atoms with E-state index >= 15 is 0 Å². The molecule has 1 fully saturated rings. The van der Waals surface area contributed by atoms with E-state index in [2.05, 4.69) is 15.0 Å². The summed E-state index contributed by atoms with van der Waals surface area (Å²) >= 11 is 5.67. The molecule has 8 nitrogen and oxygen atoms in total. The summed E-state index contributed by atoms with van der Waals surface area (Å²) in [6.07, 6.45) is 1.63. The maximum absolute atomic E-state index is 12.3. The van der Waals surface area contributed by atoms with Crippen LogP contribution in [0.3, 0.4) is 0 Å². The number of esters is 1. The Bertz CT molecular complexity index is 929.